The fourth-order valence-corrected chi connectivity index (χ4v) is 17.8. The van der Waals surface area contributed by atoms with E-state index in [1.165, 1.54) is 54.8 Å². The van der Waals surface area contributed by atoms with Gasteiger partial charge in [-0.3, -0.25) is 0 Å². The minimum atomic E-state index is 0.567. The maximum atomic E-state index is 6.74. The molecule has 10 heteroatoms. The van der Waals surface area contributed by atoms with Crippen molar-refractivity contribution in [1.82, 2.24) is 39.0 Å². The highest BCUT2D eigenvalue weighted by Gasteiger charge is 2.24. The zero-order chi connectivity index (χ0) is 82.0. The van der Waals surface area contributed by atoms with Gasteiger partial charge in [0.1, 0.15) is 22.3 Å². The SMILES string of the molecule is c1ccc(-c2ccc3c(c2)c2ccc(-c4cccc5oc6cc(-c7nc(-c8ccccc8)nc(-c8ccccc8)n7)ccc6c45)cc2n3-c2ccccc2)cc1.c1ccc(-c2cccc(-c3nc(-c4cccc(-c5ccccc5)c4)nc(-c4ccc5c(c4)oc4cccc(-c6ccc7c8ccc(-c9ccccc9)cc8n(-c8ccccc8)c7c6)c45)n3)c2)cc1. The summed E-state index contributed by atoms with van der Waals surface area (Å²) in [6, 6.07) is 153. The van der Waals surface area contributed by atoms with Crippen molar-refractivity contribution < 1.29 is 8.83 Å². The highest BCUT2D eigenvalue weighted by atomic mass is 16.3. The molecule has 0 amide bonds. The molecule has 0 unspecified atom stereocenters. The number of furan rings is 2. The summed E-state index contributed by atoms with van der Waals surface area (Å²) in [7, 11) is 0. The Balaban J connectivity index is 0.000000146. The Labute approximate surface area is 713 Å². The molecule has 6 aromatic heterocycles. The normalized spacial score (nSPS) is 11.5. The number of hydrogen-bond acceptors (Lipinski definition) is 8. The van der Waals surface area contributed by atoms with E-state index in [2.05, 4.69) is 367 Å². The van der Waals surface area contributed by atoms with Crippen LogP contribution in [0.3, 0.4) is 0 Å². The molecule has 0 spiro atoms. The van der Waals surface area contributed by atoms with Crippen LogP contribution in [0.25, 0.3) is 234 Å². The molecule has 0 fully saturated rings. The molecule has 0 aliphatic carbocycles. The van der Waals surface area contributed by atoms with Crippen molar-refractivity contribution in [3.63, 3.8) is 0 Å². The topological polar surface area (TPSA) is 113 Å². The average molecular weight is 1590 g/mol. The van der Waals surface area contributed by atoms with Crippen LogP contribution < -0.4 is 0 Å². The van der Waals surface area contributed by atoms with Gasteiger partial charge in [0.2, 0.25) is 0 Å². The molecule has 0 N–H and O–H groups in total. The van der Waals surface area contributed by atoms with E-state index in [0.29, 0.717) is 34.9 Å². The molecular weight excluding hydrogens is 1510 g/mol. The number of para-hydroxylation sites is 2. The lowest BCUT2D eigenvalue weighted by atomic mass is 9.97. The van der Waals surface area contributed by atoms with Crippen molar-refractivity contribution in [3.8, 4) is 146 Å². The van der Waals surface area contributed by atoms with E-state index in [9.17, 15) is 0 Å². The zero-order valence-electron chi connectivity index (χ0n) is 67.0. The van der Waals surface area contributed by atoms with Gasteiger partial charge in [-0.05, 0) is 170 Å². The Morgan fingerprint density at radius 1 is 0.153 bits per heavy atom. The van der Waals surface area contributed by atoms with E-state index in [1.54, 1.807) is 0 Å². The lowest BCUT2D eigenvalue weighted by Gasteiger charge is -2.11. The highest BCUT2D eigenvalue weighted by molar-refractivity contribution is 6.18. The molecule has 0 radical (unpaired) electrons. The number of fused-ring (bicyclic) bond motifs is 12. The van der Waals surface area contributed by atoms with Crippen LogP contribution in [0.15, 0.2) is 446 Å². The smallest absolute Gasteiger partial charge is 0.164 e. The van der Waals surface area contributed by atoms with Crippen LogP contribution in [-0.4, -0.2) is 39.0 Å². The predicted octanol–water partition coefficient (Wildman–Crippen LogP) is 29.7. The summed E-state index contributed by atoms with van der Waals surface area (Å²) < 4.78 is 18.1. The van der Waals surface area contributed by atoms with Gasteiger partial charge in [0, 0.05) is 87.8 Å². The summed E-state index contributed by atoms with van der Waals surface area (Å²) in [6.07, 6.45) is 0. The summed E-state index contributed by atoms with van der Waals surface area (Å²) >= 11 is 0. The van der Waals surface area contributed by atoms with E-state index >= 15 is 0 Å². The van der Waals surface area contributed by atoms with Crippen LogP contribution in [0.2, 0.25) is 0 Å². The first-order chi connectivity index (χ1) is 61.4. The fourth-order valence-electron chi connectivity index (χ4n) is 17.8. The van der Waals surface area contributed by atoms with E-state index in [1.807, 2.05) is 78.9 Å². The summed E-state index contributed by atoms with van der Waals surface area (Å²) in [5.74, 6) is 3.60. The van der Waals surface area contributed by atoms with Gasteiger partial charge in [0.25, 0.3) is 0 Å². The predicted molar refractivity (Wildman–Crippen MR) is 508 cm³/mol. The minimum absolute atomic E-state index is 0.567. The van der Waals surface area contributed by atoms with Gasteiger partial charge in [-0.1, -0.05) is 334 Å². The summed E-state index contributed by atoms with van der Waals surface area (Å²) in [4.78, 5) is 30.3. The Bertz CT molecular complexity index is 8040. The number of benzene rings is 18. The van der Waals surface area contributed by atoms with Crippen molar-refractivity contribution in [1.29, 1.82) is 0 Å². The maximum Gasteiger partial charge on any atom is 0.164 e. The molecule has 0 atom stereocenters. The molecule has 18 aromatic carbocycles. The van der Waals surface area contributed by atoms with E-state index in [4.69, 9.17) is 38.7 Å². The van der Waals surface area contributed by atoms with Crippen LogP contribution in [0.5, 0.6) is 0 Å². The second-order valence-corrected chi connectivity index (χ2v) is 31.2. The monoisotopic (exact) mass is 1580 g/mol. The van der Waals surface area contributed by atoms with Gasteiger partial charge in [-0.15, -0.1) is 0 Å². The van der Waals surface area contributed by atoms with Crippen LogP contribution in [-0.2, 0) is 0 Å². The summed E-state index contributed by atoms with van der Waals surface area (Å²) in [5.41, 5.74) is 29.1. The third-order valence-corrected chi connectivity index (χ3v) is 23.7. The van der Waals surface area contributed by atoms with E-state index in [0.717, 1.165) is 144 Å². The van der Waals surface area contributed by atoms with Crippen molar-refractivity contribution >= 4 is 87.5 Å². The lowest BCUT2D eigenvalue weighted by Crippen LogP contribution is -2.00. The lowest BCUT2D eigenvalue weighted by molar-refractivity contribution is 0.668. The Kier molecular flexibility index (Phi) is 18.0. The average Bonchev–Trinajstić information content (AvgIpc) is 1.58. The molecule has 10 nitrogen and oxygen atoms in total. The number of rotatable bonds is 14. The number of nitrogens with zero attached hydrogens (tertiary/aromatic N) is 8. The first kappa shape index (κ1) is 72.4. The number of aromatic nitrogens is 8. The molecule has 6 heterocycles. The second kappa shape index (κ2) is 30.8. The Morgan fingerprint density at radius 3 is 0.815 bits per heavy atom. The van der Waals surface area contributed by atoms with Crippen molar-refractivity contribution in [2.24, 2.45) is 0 Å². The van der Waals surface area contributed by atoms with Gasteiger partial charge in [0.05, 0.1) is 22.1 Å². The molecule has 0 aliphatic rings. The minimum Gasteiger partial charge on any atom is -0.456 e. The molecule has 580 valence electrons. The highest BCUT2D eigenvalue weighted by Crippen LogP contribution is 2.46. The first-order valence-electron chi connectivity index (χ1n) is 41.7. The standard InChI is InChI=1S/C63H40N4O.C51H32N4O/c1-5-16-41(17-6-1)44-22-13-24-48(36-44)61-64-62(49-25-14-23-45(37-49)42-18-7-2-8-19-42)66-63(65-61)50-32-35-55-59(40-50)68-58-29-15-28-52(60(55)58)47-31-34-54-53-33-30-46(43-20-9-3-10-21-43)38-56(53)67(57(54)39-47)51-26-11-4-12-27-51;1-5-14-33(15-6-1)36-26-29-44-43(30-36)41-27-24-37(31-45(41)55(44)39-20-11-4-12-21-39)40-22-13-23-46-48(40)42-28-25-38(32-47(42)56-46)51-53-49(34-16-7-2-8-17-34)52-50(54-51)35-18-9-3-10-19-35/h1-40H;1-32H. The van der Waals surface area contributed by atoms with Gasteiger partial charge in [-0.2, -0.15) is 0 Å². The van der Waals surface area contributed by atoms with Crippen LogP contribution in [0.1, 0.15) is 0 Å². The zero-order valence-corrected chi connectivity index (χ0v) is 67.0. The first-order valence-corrected chi connectivity index (χ1v) is 41.7. The van der Waals surface area contributed by atoms with Gasteiger partial charge < -0.3 is 18.0 Å². The van der Waals surface area contributed by atoms with Crippen LogP contribution >= 0.6 is 0 Å². The molecule has 0 saturated heterocycles. The molecule has 0 aliphatic heterocycles. The maximum absolute atomic E-state index is 6.74. The second-order valence-electron chi connectivity index (χ2n) is 31.2. The van der Waals surface area contributed by atoms with E-state index in [-0.39, 0.29) is 0 Å². The quantitative estimate of drug-likeness (QED) is 0.106. The third-order valence-electron chi connectivity index (χ3n) is 23.7. The third kappa shape index (κ3) is 13.3. The summed E-state index contributed by atoms with van der Waals surface area (Å²) in [5, 5.41) is 9.05. The Morgan fingerprint density at radius 2 is 0.419 bits per heavy atom. The van der Waals surface area contributed by atoms with Gasteiger partial charge in [0.15, 0.2) is 34.9 Å². The molecule has 24 rings (SSSR count). The van der Waals surface area contributed by atoms with Crippen LogP contribution in [0.4, 0.5) is 0 Å². The molecule has 124 heavy (non-hydrogen) atoms. The molecule has 24 aromatic rings. The van der Waals surface area contributed by atoms with Crippen molar-refractivity contribution in [2.45, 2.75) is 0 Å². The van der Waals surface area contributed by atoms with Crippen molar-refractivity contribution in [3.05, 3.63) is 437 Å². The van der Waals surface area contributed by atoms with Crippen molar-refractivity contribution in [2.75, 3.05) is 0 Å². The number of hydrogen-bond donors (Lipinski definition) is 0. The molecule has 0 saturated carbocycles. The molecular formula is C114H72N8O2. The van der Waals surface area contributed by atoms with Gasteiger partial charge >= 0.3 is 0 Å². The molecule has 0 bridgehead atoms. The summed E-state index contributed by atoms with van der Waals surface area (Å²) in [6.45, 7) is 0. The Hall–Kier alpha value is -16.8. The van der Waals surface area contributed by atoms with Crippen LogP contribution in [0, 0.1) is 0 Å². The largest absolute Gasteiger partial charge is 0.456 e. The van der Waals surface area contributed by atoms with E-state index < -0.39 is 0 Å². The fraction of sp³-hybridized carbons (Fsp3) is 0. The van der Waals surface area contributed by atoms with Gasteiger partial charge in [-0.25, -0.2) is 29.9 Å².